The molecule has 1 aliphatic rings. The molecule has 2 rings (SSSR count). The van der Waals surface area contributed by atoms with Gasteiger partial charge in [-0.1, -0.05) is 6.07 Å². The maximum absolute atomic E-state index is 5.51. The van der Waals surface area contributed by atoms with E-state index in [4.69, 9.17) is 4.74 Å². The summed E-state index contributed by atoms with van der Waals surface area (Å²) < 4.78 is 5.51. The van der Waals surface area contributed by atoms with E-state index < -0.39 is 0 Å². The fourth-order valence-corrected chi connectivity index (χ4v) is 1.91. The number of pyridine rings is 1. The molecule has 2 heterocycles. The Morgan fingerprint density at radius 3 is 2.94 bits per heavy atom. The Labute approximate surface area is 96.4 Å². The van der Waals surface area contributed by atoms with Gasteiger partial charge in [0.1, 0.15) is 11.6 Å². The minimum absolute atomic E-state index is 0.268. The van der Waals surface area contributed by atoms with Crippen LogP contribution in [0.3, 0.4) is 0 Å². The first kappa shape index (κ1) is 11.2. The summed E-state index contributed by atoms with van der Waals surface area (Å²) >= 11 is 0. The number of nitrogens with one attached hydrogen (secondary N) is 2. The van der Waals surface area contributed by atoms with Crippen LogP contribution in [0.5, 0.6) is 0 Å². The molecule has 16 heavy (non-hydrogen) atoms. The third-order valence-corrected chi connectivity index (χ3v) is 2.82. The van der Waals surface area contributed by atoms with E-state index in [1.54, 1.807) is 0 Å². The van der Waals surface area contributed by atoms with Gasteiger partial charge in [-0.3, -0.25) is 0 Å². The quantitative estimate of drug-likeness (QED) is 0.817. The van der Waals surface area contributed by atoms with Crippen molar-refractivity contribution in [1.29, 1.82) is 0 Å². The Kier molecular flexibility index (Phi) is 3.62. The molecule has 0 saturated carbocycles. The predicted molar refractivity (Wildman–Crippen MR) is 65.8 cm³/mol. The Morgan fingerprint density at radius 1 is 1.44 bits per heavy atom. The van der Waals surface area contributed by atoms with Gasteiger partial charge in [-0.25, -0.2) is 4.98 Å². The van der Waals surface area contributed by atoms with Crippen molar-refractivity contribution in [2.24, 2.45) is 0 Å². The normalized spacial score (nSPS) is 24.4. The SMILES string of the molecule is CCNc1cccc(NC2CCOC2C)n1. The van der Waals surface area contributed by atoms with Crippen molar-refractivity contribution in [2.75, 3.05) is 23.8 Å². The maximum Gasteiger partial charge on any atom is 0.128 e. The van der Waals surface area contributed by atoms with E-state index in [0.29, 0.717) is 6.04 Å². The molecule has 4 nitrogen and oxygen atoms in total. The van der Waals surface area contributed by atoms with Gasteiger partial charge in [0.05, 0.1) is 12.1 Å². The molecule has 0 bridgehead atoms. The van der Waals surface area contributed by atoms with Crippen LogP contribution in [0.25, 0.3) is 0 Å². The van der Waals surface area contributed by atoms with Crippen LogP contribution >= 0.6 is 0 Å². The van der Waals surface area contributed by atoms with Gasteiger partial charge in [0, 0.05) is 13.2 Å². The molecule has 0 amide bonds. The topological polar surface area (TPSA) is 46.2 Å². The summed E-state index contributed by atoms with van der Waals surface area (Å²) in [6, 6.07) is 6.35. The van der Waals surface area contributed by atoms with Gasteiger partial charge >= 0.3 is 0 Å². The van der Waals surface area contributed by atoms with Gasteiger partial charge in [-0.15, -0.1) is 0 Å². The summed E-state index contributed by atoms with van der Waals surface area (Å²) in [5.41, 5.74) is 0. The van der Waals surface area contributed by atoms with Crippen molar-refractivity contribution in [3.8, 4) is 0 Å². The van der Waals surface area contributed by atoms with E-state index in [-0.39, 0.29) is 6.10 Å². The van der Waals surface area contributed by atoms with Crippen LogP contribution in [-0.4, -0.2) is 30.3 Å². The lowest BCUT2D eigenvalue weighted by molar-refractivity contribution is 0.121. The lowest BCUT2D eigenvalue weighted by Gasteiger charge is -2.17. The molecule has 2 unspecified atom stereocenters. The van der Waals surface area contributed by atoms with E-state index in [0.717, 1.165) is 31.2 Å². The molecular formula is C12H19N3O. The molecule has 1 fully saturated rings. The number of ether oxygens (including phenoxy) is 1. The summed E-state index contributed by atoms with van der Waals surface area (Å²) in [6.07, 6.45) is 1.32. The lowest BCUT2D eigenvalue weighted by atomic mass is 10.1. The highest BCUT2D eigenvalue weighted by Gasteiger charge is 2.24. The molecule has 1 aromatic heterocycles. The zero-order valence-corrected chi connectivity index (χ0v) is 9.86. The van der Waals surface area contributed by atoms with Gasteiger partial charge in [0.25, 0.3) is 0 Å². The van der Waals surface area contributed by atoms with Crippen LogP contribution in [0.15, 0.2) is 18.2 Å². The molecule has 1 saturated heterocycles. The summed E-state index contributed by atoms with van der Waals surface area (Å²) in [7, 11) is 0. The molecule has 0 aliphatic carbocycles. The zero-order valence-electron chi connectivity index (χ0n) is 9.86. The van der Waals surface area contributed by atoms with Gasteiger partial charge in [0.2, 0.25) is 0 Å². The predicted octanol–water partition coefficient (Wildman–Crippen LogP) is 2.10. The minimum atomic E-state index is 0.268. The average molecular weight is 221 g/mol. The van der Waals surface area contributed by atoms with Gasteiger partial charge in [-0.2, -0.15) is 0 Å². The summed E-state index contributed by atoms with van der Waals surface area (Å²) in [5.74, 6) is 1.83. The van der Waals surface area contributed by atoms with E-state index in [1.807, 2.05) is 18.2 Å². The highest BCUT2D eigenvalue weighted by atomic mass is 16.5. The van der Waals surface area contributed by atoms with Crippen molar-refractivity contribution in [2.45, 2.75) is 32.4 Å². The highest BCUT2D eigenvalue weighted by Crippen LogP contribution is 2.18. The Morgan fingerprint density at radius 2 is 2.25 bits per heavy atom. The monoisotopic (exact) mass is 221 g/mol. The van der Waals surface area contributed by atoms with Crippen LogP contribution in [-0.2, 0) is 4.74 Å². The summed E-state index contributed by atoms with van der Waals surface area (Å²) in [4.78, 5) is 4.48. The first-order valence-electron chi connectivity index (χ1n) is 5.88. The van der Waals surface area contributed by atoms with E-state index in [9.17, 15) is 0 Å². The molecule has 0 radical (unpaired) electrons. The molecule has 2 atom stereocenters. The Bertz CT molecular complexity index is 343. The molecule has 2 N–H and O–H groups in total. The third kappa shape index (κ3) is 2.64. The number of rotatable bonds is 4. The van der Waals surface area contributed by atoms with Gasteiger partial charge in [-0.05, 0) is 32.4 Å². The number of aromatic nitrogens is 1. The first-order chi connectivity index (χ1) is 7.79. The first-order valence-corrected chi connectivity index (χ1v) is 5.88. The highest BCUT2D eigenvalue weighted by molar-refractivity contribution is 5.45. The van der Waals surface area contributed by atoms with E-state index in [2.05, 4.69) is 29.5 Å². The number of nitrogens with zero attached hydrogens (tertiary/aromatic N) is 1. The minimum Gasteiger partial charge on any atom is -0.376 e. The van der Waals surface area contributed by atoms with Gasteiger partial charge in [0.15, 0.2) is 0 Å². The fourth-order valence-electron chi connectivity index (χ4n) is 1.91. The average Bonchev–Trinajstić information content (AvgIpc) is 2.66. The third-order valence-electron chi connectivity index (χ3n) is 2.82. The van der Waals surface area contributed by atoms with Crippen molar-refractivity contribution in [1.82, 2.24) is 4.98 Å². The van der Waals surface area contributed by atoms with Crippen LogP contribution in [0.2, 0.25) is 0 Å². The summed E-state index contributed by atoms with van der Waals surface area (Å²) in [5, 5.41) is 6.61. The van der Waals surface area contributed by atoms with Crippen molar-refractivity contribution >= 4 is 11.6 Å². The van der Waals surface area contributed by atoms with Crippen molar-refractivity contribution in [3.63, 3.8) is 0 Å². The van der Waals surface area contributed by atoms with Gasteiger partial charge < -0.3 is 15.4 Å². The molecule has 1 aliphatic heterocycles. The number of hydrogen-bond acceptors (Lipinski definition) is 4. The van der Waals surface area contributed by atoms with E-state index >= 15 is 0 Å². The van der Waals surface area contributed by atoms with Crippen LogP contribution in [0.1, 0.15) is 20.3 Å². The van der Waals surface area contributed by atoms with Crippen molar-refractivity contribution in [3.05, 3.63) is 18.2 Å². The Balaban J connectivity index is 2.00. The second kappa shape index (κ2) is 5.16. The molecule has 88 valence electrons. The van der Waals surface area contributed by atoms with Crippen molar-refractivity contribution < 1.29 is 4.74 Å². The number of hydrogen-bond donors (Lipinski definition) is 2. The molecule has 4 heteroatoms. The van der Waals surface area contributed by atoms with E-state index in [1.165, 1.54) is 0 Å². The lowest BCUT2D eigenvalue weighted by Crippen LogP contribution is -2.27. The maximum atomic E-state index is 5.51. The number of anilines is 2. The van der Waals surface area contributed by atoms with Crippen LogP contribution in [0, 0.1) is 0 Å². The zero-order chi connectivity index (χ0) is 11.4. The largest absolute Gasteiger partial charge is 0.376 e. The van der Waals surface area contributed by atoms with Crippen LogP contribution < -0.4 is 10.6 Å². The molecule has 1 aromatic rings. The molecule has 0 spiro atoms. The molecule has 0 aromatic carbocycles. The fraction of sp³-hybridized carbons (Fsp3) is 0.583. The standard InChI is InChI=1S/C12H19N3O/c1-3-13-11-5-4-6-12(15-11)14-10-7-8-16-9(10)2/h4-6,9-10H,3,7-8H2,1-2H3,(H2,13,14,15). The Hall–Kier alpha value is -1.29. The second-order valence-electron chi connectivity index (χ2n) is 4.05. The summed E-state index contributed by atoms with van der Waals surface area (Å²) in [6.45, 7) is 5.89. The smallest absolute Gasteiger partial charge is 0.128 e. The molecular weight excluding hydrogens is 202 g/mol. The van der Waals surface area contributed by atoms with Crippen LogP contribution in [0.4, 0.5) is 11.6 Å². The second-order valence-corrected chi connectivity index (χ2v) is 4.05.